The van der Waals surface area contributed by atoms with Crippen molar-refractivity contribution in [3.05, 3.63) is 58.1 Å². The first kappa shape index (κ1) is 16.4. The van der Waals surface area contributed by atoms with Crippen LogP contribution in [0.15, 0.2) is 47.6 Å². The number of ether oxygens (including phenoxy) is 1. The second-order valence-electron chi connectivity index (χ2n) is 5.31. The molecule has 3 aromatic rings. The molecule has 0 aliphatic carbocycles. The van der Waals surface area contributed by atoms with Crippen LogP contribution < -0.4 is 10.1 Å². The molecule has 1 aliphatic rings. The third kappa shape index (κ3) is 3.13. The van der Waals surface area contributed by atoms with Gasteiger partial charge in [-0.2, -0.15) is 4.98 Å². The summed E-state index contributed by atoms with van der Waals surface area (Å²) in [5.41, 5.74) is 3.09. The predicted molar refractivity (Wildman–Crippen MR) is 100 cm³/mol. The van der Waals surface area contributed by atoms with Crippen molar-refractivity contribution >= 4 is 40.7 Å². The maximum Gasteiger partial charge on any atom is 0.247 e. The van der Waals surface area contributed by atoms with Gasteiger partial charge in [0, 0.05) is 21.8 Å². The maximum absolute atomic E-state index is 6.37. The topological polar surface area (TPSA) is 59.9 Å². The summed E-state index contributed by atoms with van der Waals surface area (Å²) in [4.78, 5) is 4.47. The molecule has 1 aromatic heterocycles. The fourth-order valence-corrected chi connectivity index (χ4v) is 3.39. The minimum atomic E-state index is -0.529. The lowest BCUT2D eigenvalue weighted by Gasteiger charge is -2.20. The SMILES string of the molecule is CSc1nnc2c(n1)OC(c1ccc(Cl)cc1Cl)Nc1ccccc1-2. The monoisotopic (exact) mass is 390 g/mol. The van der Waals surface area contributed by atoms with Gasteiger partial charge in [0.1, 0.15) is 0 Å². The quantitative estimate of drug-likeness (QED) is 0.616. The Kier molecular flexibility index (Phi) is 4.41. The van der Waals surface area contributed by atoms with Crippen molar-refractivity contribution in [1.82, 2.24) is 15.2 Å². The van der Waals surface area contributed by atoms with Crippen LogP contribution in [-0.2, 0) is 0 Å². The number of para-hydroxylation sites is 1. The van der Waals surface area contributed by atoms with Gasteiger partial charge in [-0.25, -0.2) is 0 Å². The molecule has 1 atom stereocenters. The van der Waals surface area contributed by atoms with Gasteiger partial charge in [-0.1, -0.05) is 59.2 Å². The van der Waals surface area contributed by atoms with Gasteiger partial charge in [-0.05, 0) is 24.5 Å². The molecule has 2 heterocycles. The van der Waals surface area contributed by atoms with E-state index in [0.29, 0.717) is 26.8 Å². The van der Waals surface area contributed by atoms with Gasteiger partial charge in [-0.3, -0.25) is 0 Å². The summed E-state index contributed by atoms with van der Waals surface area (Å²) in [6.45, 7) is 0. The zero-order valence-electron chi connectivity index (χ0n) is 13.0. The highest BCUT2D eigenvalue weighted by Gasteiger charge is 2.27. The Bertz CT molecular complexity index is 954. The maximum atomic E-state index is 6.37. The van der Waals surface area contributed by atoms with Crippen LogP contribution in [-0.4, -0.2) is 21.4 Å². The first-order valence-corrected chi connectivity index (χ1v) is 9.40. The van der Waals surface area contributed by atoms with Crippen molar-refractivity contribution < 1.29 is 4.74 Å². The fourth-order valence-electron chi connectivity index (χ4n) is 2.59. The van der Waals surface area contributed by atoms with Gasteiger partial charge in [0.25, 0.3) is 0 Å². The predicted octanol–water partition coefficient (Wildman–Crippen LogP) is 5.07. The van der Waals surface area contributed by atoms with Gasteiger partial charge in [-0.15, -0.1) is 10.2 Å². The number of nitrogens with zero attached hydrogens (tertiary/aromatic N) is 3. The standard InChI is InChI=1S/C17H12Cl2N4OS/c1-25-17-21-16-14(22-23-17)11-4-2-3-5-13(11)20-15(24-16)10-7-6-9(18)8-12(10)19/h2-8,15,20H,1H3. The first-order chi connectivity index (χ1) is 12.2. The van der Waals surface area contributed by atoms with E-state index in [2.05, 4.69) is 20.5 Å². The van der Waals surface area contributed by atoms with Crippen molar-refractivity contribution in [2.75, 3.05) is 11.6 Å². The first-order valence-electron chi connectivity index (χ1n) is 7.42. The zero-order chi connectivity index (χ0) is 17.4. The number of fused-ring (bicyclic) bond motifs is 3. The summed E-state index contributed by atoms with van der Waals surface area (Å²) >= 11 is 13.8. The largest absolute Gasteiger partial charge is 0.448 e. The van der Waals surface area contributed by atoms with E-state index in [1.54, 1.807) is 12.1 Å². The lowest BCUT2D eigenvalue weighted by Crippen LogP contribution is -2.17. The molecule has 8 heteroatoms. The van der Waals surface area contributed by atoms with Gasteiger partial charge in [0.05, 0.1) is 5.02 Å². The van der Waals surface area contributed by atoms with Crippen LogP contribution in [0.25, 0.3) is 11.3 Å². The van der Waals surface area contributed by atoms with E-state index in [4.69, 9.17) is 27.9 Å². The molecule has 0 saturated carbocycles. The zero-order valence-corrected chi connectivity index (χ0v) is 15.4. The summed E-state index contributed by atoms with van der Waals surface area (Å²) in [5, 5.41) is 13.4. The summed E-state index contributed by atoms with van der Waals surface area (Å²) in [5.74, 6) is 0.410. The third-order valence-electron chi connectivity index (χ3n) is 3.76. The summed E-state index contributed by atoms with van der Waals surface area (Å²) in [6.07, 6.45) is 1.36. The molecular formula is C17H12Cl2N4OS. The Morgan fingerprint density at radius 3 is 2.76 bits per heavy atom. The molecule has 4 rings (SSSR count). The van der Waals surface area contributed by atoms with Gasteiger partial charge < -0.3 is 10.1 Å². The fraction of sp³-hybridized carbons (Fsp3) is 0.118. The second-order valence-corrected chi connectivity index (χ2v) is 6.92. The third-order valence-corrected chi connectivity index (χ3v) is 4.86. The lowest BCUT2D eigenvalue weighted by atomic mass is 10.1. The van der Waals surface area contributed by atoms with Gasteiger partial charge in [0.15, 0.2) is 11.9 Å². The van der Waals surface area contributed by atoms with Crippen molar-refractivity contribution in [2.45, 2.75) is 11.4 Å². The summed E-state index contributed by atoms with van der Waals surface area (Å²) < 4.78 is 6.12. The van der Waals surface area contributed by atoms with E-state index in [0.717, 1.165) is 16.8 Å². The van der Waals surface area contributed by atoms with E-state index < -0.39 is 6.23 Å². The van der Waals surface area contributed by atoms with Crippen LogP contribution in [0.1, 0.15) is 11.8 Å². The molecule has 0 fully saturated rings. The smallest absolute Gasteiger partial charge is 0.247 e. The van der Waals surface area contributed by atoms with Crippen molar-refractivity contribution in [3.8, 4) is 17.1 Å². The molecule has 25 heavy (non-hydrogen) atoms. The molecule has 0 saturated heterocycles. The van der Waals surface area contributed by atoms with Crippen LogP contribution in [0.5, 0.6) is 5.88 Å². The van der Waals surface area contributed by atoms with Crippen LogP contribution in [0.2, 0.25) is 10.0 Å². The Morgan fingerprint density at radius 1 is 1.12 bits per heavy atom. The number of hydrogen-bond donors (Lipinski definition) is 1. The van der Waals surface area contributed by atoms with E-state index in [1.807, 2.05) is 36.6 Å². The number of thioether (sulfide) groups is 1. The van der Waals surface area contributed by atoms with E-state index >= 15 is 0 Å². The highest BCUT2D eigenvalue weighted by Crippen LogP contribution is 2.40. The van der Waals surface area contributed by atoms with Crippen molar-refractivity contribution in [1.29, 1.82) is 0 Å². The van der Waals surface area contributed by atoms with Gasteiger partial charge in [0.2, 0.25) is 11.0 Å². The molecule has 1 N–H and O–H groups in total. The molecule has 126 valence electrons. The van der Waals surface area contributed by atoms with Crippen molar-refractivity contribution in [2.24, 2.45) is 0 Å². The molecule has 1 unspecified atom stereocenters. The Hall–Kier alpha value is -2.02. The molecule has 2 aromatic carbocycles. The van der Waals surface area contributed by atoms with E-state index in [1.165, 1.54) is 11.8 Å². The number of benzene rings is 2. The number of rotatable bonds is 2. The number of halogens is 2. The minimum Gasteiger partial charge on any atom is -0.448 e. The molecule has 0 amide bonds. The van der Waals surface area contributed by atoms with Crippen LogP contribution >= 0.6 is 35.0 Å². The average molecular weight is 391 g/mol. The highest BCUT2D eigenvalue weighted by molar-refractivity contribution is 7.98. The lowest BCUT2D eigenvalue weighted by molar-refractivity contribution is 0.225. The van der Waals surface area contributed by atoms with Crippen LogP contribution in [0.3, 0.4) is 0 Å². The van der Waals surface area contributed by atoms with Crippen molar-refractivity contribution in [3.63, 3.8) is 0 Å². The van der Waals surface area contributed by atoms with E-state index in [9.17, 15) is 0 Å². The Balaban J connectivity index is 1.87. The molecule has 0 radical (unpaired) electrons. The molecule has 0 bridgehead atoms. The number of hydrogen-bond acceptors (Lipinski definition) is 6. The van der Waals surface area contributed by atoms with Crippen LogP contribution in [0, 0.1) is 0 Å². The summed E-state index contributed by atoms with van der Waals surface area (Å²) in [7, 11) is 0. The van der Waals surface area contributed by atoms with Gasteiger partial charge >= 0.3 is 0 Å². The molecule has 0 spiro atoms. The Morgan fingerprint density at radius 2 is 1.96 bits per heavy atom. The molecule has 5 nitrogen and oxygen atoms in total. The molecular weight excluding hydrogens is 379 g/mol. The summed E-state index contributed by atoms with van der Waals surface area (Å²) in [6, 6.07) is 13.1. The average Bonchev–Trinajstić information content (AvgIpc) is 2.77. The number of nitrogens with one attached hydrogen (secondary N) is 1. The number of anilines is 1. The van der Waals surface area contributed by atoms with Crippen LogP contribution in [0.4, 0.5) is 5.69 Å². The van der Waals surface area contributed by atoms with E-state index in [-0.39, 0.29) is 0 Å². The second kappa shape index (κ2) is 6.71. The Labute approximate surface area is 158 Å². The molecule has 1 aliphatic heterocycles. The minimum absolute atomic E-state index is 0.410. The number of aromatic nitrogens is 3. The normalized spacial score (nSPS) is 15.4. The highest BCUT2D eigenvalue weighted by atomic mass is 35.5.